The number of hydrogen-bond acceptors (Lipinski definition) is 3. The van der Waals surface area contributed by atoms with Crippen molar-refractivity contribution in [3.63, 3.8) is 0 Å². The predicted molar refractivity (Wildman–Crippen MR) is 71.6 cm³/mol. The molecule has 0 saturated heterocycles. The zero-order valence-electron chi connectivity index (χ0n) is 10.9. The molecule has 2 aliphatic rings. The fraction of sp³-hybridized carbons (Fsp3) is 0.667. The van der Waals surface area contributed by atoms with Gasteiger partial charge >= 0.3 is 0 Å². The van der Waals surface area contributed by atoms with E-state index in [2.05, 4.69) is 16.4 Å². The number of nitrogens with zero attached hydrogens (tertiary/aromatic N) is 1. The van der Waals surface area contributed by atoms with Gasteiger partial charge in [-0.1, -0.05) is 25.3 Å². The maximum absolute atomic E-state index is 5.85. The van der Waals surface area contributed by atoms with Gasteiger partial charge in [-0.15, -0.1) is 0 Å². The van der Waals surface area contributed by atoms with Crippen LogP contribution in [-0.4, -0.2) is 17.6 Å². The van der Waals surface area contributed by atoms with Crippen LogP contribution < -0.4 is 10.1 Å². The van der Waals surface area contributed by atoms with Gasteiger partial charge in [0.15, 0.2) is 0 Å². The van der Waals surface area contributed by atoms with Gasteiger partial charge in [-0.25, -0.2) is 4.98 Å². The second kappa shape index (κ2) is 5.70. The minimum atomic E-state index is 0.730. The van der Waals surface area contributed by atoms with E-state index in [0.717, 1.165) is 31.0 Å². The molecule has 3 rings (SSSR count). The van der Waals surface area contributed by atoms with E-state index >= 15 is 0 Å². The van der Waals surface area contributed by atoms with Gasteiger partial charge in [0.2, 0.25) is 5.88 Å². The number of rotatable bonds is 7. The van der Waals surface area contributed by atoms with E-state index in [1.54, 1.807) is 0 Å². The van der Waals surface area contributed by atoms with Crippen molar-refractivity contribution >= 4 is 0 Å². The molecule has 0 amide bonds. The predicted octanol–water partition coefficient (Wildman–Crippen LogP) is 2.90. The van der Waals surface area contributed by atoms with Gasteiger partial charge in [-0.2, -0.15) is 0 Å². The van der Waals surface area contributed by atoms with Crippen molar-refractivity contribution in [3.05, 3.63) is 23.9 Å². The van der Waals surface area contributed by atoms with Crippen molar-refractivity contribution in [2.24, 2.45) is 5.92 Å². The van der Waals surface area contributed by atoms with Gasteiger partial charge in [0.25, 0.3) is 0 Å². The summed E-state index contributed by atoms with van der Waals surface area (Å²) >= 11 is 0. The van der Waals surface area contributed by atoms with E-state index in [9.17, 15) is 0 Å². The molecular formula is C15H22N2O. The van der Waals surface area contributed by atoms with Gasteiger partial charge in [-0.3, -0.25) is 0 Å². The molecular weight excluding hydrogens is 224 g/mol. The Morgan fingerprint density at radius 3 is 2.89 bits per heavy atom. The van der Waals surface area contributed by atoms with Crippen LogP contribution in [0.25, 0.3) is 0 Å². The Labute approximate surface area is 109 Å². The van der Waals surface area contributed by atoms with Crippen molar-refractivity contribution in [3.8, 4) is 5.88 Å². The number of pyridine rings is 1. The van der Waals surface area contributed by atoms with Crippen LogP contribution in [0.4, 0.5) is 0 Å². The first kappa shape index (κ1) is 12.0. The molecule has 0 aromatic carbocycles. The van der Waals surface area contributed by atoms with Crippen LogP contribution in [0, 0.1) is 5.92 Å². The summed E-state index contributed by atoms with van der Waals surface area (Å²) < 4.78 is 5.85. The van der Waals surface area contributed by atoms with E-state index in [4.69, 9.17) is 4.74 Å². The highest BCUT2D eigenvalue weighted by atomic mass is 16.5. The maximum atomic E-state index is 5.85. The third kappa shape index (κ3) is 3.22. The van der Waals surface area contributed by atoms with Crippen molar-refractivity contribution in [2.75, 3.05) is 6.61 Å². The SMILES string of the molecule is c1cnc(OCCC2CCC2)c(CNC2CC2)c1. The molecule has 1 heterocycles. The van der Waals surface area contributed by atoms with Crippen molar-refractivity contribution in [1.82, 2.24) is 10.3 Å². The van der Waals surface area contributed by atoms with Crippen LogP contribution in [0.2, 0.25) is 0 Å². The van der Waals surface area contributed by atoms with Gasteiger partial charge in [0.05, 0.1) is 6.61 Å². The van der Waals surface area contributed by atoms with Gasteiger partial charge in [0, 0.05) is 24.3 Å². The van der Waals surface area contributed by atoms with E-state index < -0.39 is 0 Å². The fourth-order valence-corrected chi connectivity index (χ4v) is 2.33. The van der Waals surface area contributed by atoms with E-state index in [1.807, 2.05) is 12.3 Å². The largest absolute Gasteiger partial charge is 0.477 e. The molecule has 3 heteroatoms. The third-order valence-electron chi connectivity index (χ3n) is 4.00. The summed E-state index contributed by atoms with van der Waals surface area (Å²) in [5.74, 6) is 1.73. The lowest BCUT2D eigenvalue weighted by Crippen LogP contribution is -2.18. The molecule has 0 radical (unpaired) electrons. The molecule has 0 bridgehead atoms. The highest BCUT2D eigenvalue weighted by Gasteiger charge is 2.21. The molecule has 3 nitrogen and oxygen atoms in total. The quantitative estimate of drug-likeness (QED) is 0.803. The van der Waals surface area contributed by atoms with Gasteiger partial charge < -0.3 is 10.1 Å². The summed E-state index contributed by atoms with van der Waals surface area (Å²) in [5, 5.41) is 3.51. The Hall–Kier alpha value is -1.09. The minimum absolute atomic E-state index is 0.730. The molecule has 18 heavy (non-hydrogen) atoms. The Morgan fingerprint density at radius 2 is 2.17 bits per heavy atom. The van der Waals surface area contributed by atoms with Crippen molar-refractivity contribution < 1.29 is 4.74 Å². The molecule has 2 saturated carbocycles. The average molecular weight is 246 g/mol. The fourth-order valence-electron chi connectivity index (χ4n) is 2.33. The Balaban J connectivity index is 1.48. The second-order valence-electron chi connectivity index (χ2n) is 5.56. The molecule has 0 unspecified atom stereocenters. The highest BCUT2D eigenvalue weighted by molar-refractivity contribution is 5.25. The highest BCUT2D eigenvalue weighted by Crippen LogP contribution is 2.29. The summed E-state index contributed by atoms with van der Waals surface area (Å²) in [4.78, 5) is 4.36. The summed E-state index contributed by atoms with van der Waals surface area (Å²) in [6, 6.07) is 4.83. The van der Waals surface area contributed by atoms with E-state index in [1.165, 1.54) is 44.1 Å². The van der Waals surface area contributed by atoms with Crippen LogP contribution in [0.15, 0.2) is 18.3 Å². The first-order valence-electron chi connectivity index (χ1n) is 7.22. The lowest BCUT2D eigenvalue weighted by molar-refractivity contribution is 0.216. The summed E-state index contributed by atoms with van der Waals surface area (Å²) in [7, 11) is 0. The molecule has 1 aromatic heterocycles. The van der Waals surface area contributed by atoms with Gasteiger partial charge in [0.1, 0.15) is 0 Å². The Bertz CT molecular complexity index is 386. The van der Waals surface area contributed by atoms with E-state index in [-0.39, 0.29) is 0 Å². The summed E-state index contributed by atoms with van der Waals surface area (Å²) in [5.41, 5.74) is 1.19. The van der Waals surface area contributed by atoms with Crippen LogP contribution >= 0.6 is 0 Å². The number of hydrogen-bond donors (Lipinski definition) is 1. The smallest absolute Gasteiger partial charge is 0.217 e. The lowest BCUT2D eigenvalue weighted by atomic mass is 9.83. The summed E-state index contributed by atoms with van der Waals surface area (Å²) in [6.07, 6.45) is 9.83. The topological polar surface area (TPSA) is 34.1 Å². The normalized spacial score (nSPS) is 19.6. The molecule has 0 atom stereocenters. The monoisotopic (exact) mass is 246 g/mol. The van der Waals surface area contributed by atoms with Gasteiger partial charge in [-0.05, 0) is 31.2 Å². The Kier molecular flexibility index (Phi) is 3.79. The molecule has 2 aliphatic carbocycles. The maximum Gasteiger partial charge on any atom is 0.217 e. The Morgan fingerprint density at radius 1 is 1.28 bits per heavy atom. The standard InChI is InChI=1S/C15H22N2O/c1-3-12(4-1)8-10-18-15-13(5-2-9-16-15)11-17-14-6-7-14/h2,5,9,12,14,17H,1,3-4,6-8,10-11H2. The van der Waals surface area contributed by atoms with Crippen molar-refractivity contribution in [1.29, 1.82) is 0 Å². The molecule has 1 aromatic rings. The zero-order chi connectivity index (χ0) is 12.2. The molecule has 98 valence electrons. The second-order valence-corrected chi connectivity index (χ2v) is 5.56. The van der Waals surface area contributed by atoms with Crippen LogP contribution in [0.1, 0.15) is 44.1 Å². The molecule has 2 fully saturated rings. The number of ether oxygens (including phenoxy) is 1. The summed E-state index contributed by atoms with van der Waals surface area (Å²) in [6.45, 7) is 1.70. The minimum Gasteiger partial charge on any atom is -0.477 e. The molecule has 0 aliphatic heterocycles. The lowest BCUT2D eigenvalue weighted by Gasteiger charge is -2.25. The third-order valence-corrected chi connectivity index (χ3v) is 4.00. The number of aromatic nitrogens is 1. The van der Waals surface area contributed by atoms with Crippen molar-refractivity contribution in [2.45, 2.75) is 51.1 Å². The van der Waals surface area contributed by atoms with Crippen LogP contribution in [-0.2, 0) is 6.54 Å². The van der Waals surface area contributed by atoms with E-state index in [0.29, 0.717) is 0 Å². The first-order valence-corrected chi connectivity index (χ1v) is 7.22. The number of nitrogens with one attached hydrogen (secondary N) is 1. The first-order chi connectivity index (χ1) is 8.92. The van der Waals surface area contributed by atoms with Crippen LogP contribution in [0.5, 0.6) is 5.88 Å². The average Bonchev–Trinajstić information content (AvgIpc) is 3.15. The van der Waals surface area contributed by atoms with Crippen LogP contribution in [0.3, 0.4) is 0 Å². The molecule has 0 spiro atoms. The zero-order valence-corrected chi connectivity index (χ0v) is 10.9. The molecule has 1 N–H and O–H groups in total.